The van der Waals surface area contributed by atoms with Gasteiger partial charge in [-0.15, -0.1) is 0 Å². The second kappa shape index (κ2) is 6.85. The Morgan fingerprint density at radius 1 is 1.04 bits per heavy atom. The molecule has 24 heavy (non-hydrogen) atoms. The summed E-state index contributed by atoms with van der Waals surface area (Å²) < 4.78 is 5.68. The summed E-state index contributed by atoms with van der Waals surface area (Å²) in [5.74, 6) is 1.10. The van der Waals surface area contributed by atoms with Crippen molar-refractivity contribution in [1.82, 2.24) is 4.98 Å². The van der Waals surface area contributed by atoms with Crippen molar-refractivity contribution in [2.24, 2.45) is 0 Å². The van der Waals surface area contributed by atoms with Crippen LogP contribution in [-0.2, 0) is 0 Å². The topological polar surface area (TPSA) is 43.1 Å². The van der Waals surface area contributed by atoms with Crippen molar-refractivity contribution in [1.29, 1.82) is 0 Å². The first kappa shape index (κ1) is 16.2. The molecule has 0 amide bonds. The Kier molecular flexibility index (Phi) is 4.63. The van der Waals surface area contributed by atoms with E-state index in [9.17, 15) is 4.79 Å². The first-order valence-electron chi connectivity index (χ1n) is 7.55. The van der Waals surface area contributed by atoms with Gasteiger partial charge in [-0.1, -0.05) is 41.4 Å². The molecule has 0 aliphatic heterocycles. The van der Waals surface area contributed by atoms with Gasteiger partial charge < -0.3 is 4.42 Å². The SMILES string of the molecule is Cc1ccc(C(=O)/C=C/c2nc(-c3ccc(Cl)cc3)oc2C)cc1. The second-order valence-electron chi connectivity index (χ2n) is 5.53. The minimum absolute atomic E-state index is 0.0644. The third-order valence-electron chi connectivity index (χ3n) is 3.65. The van der Waals surface area contributed by atoms with Crippen molar-refractivity contribution < 1.29 is 9.21 Å². The number of nitrogens with zero attached hydrogens (tertiary/aromatic N) is 1. The lowest BCUT2D eigenvalue weighted by atomic mass is 10.1. The molecule has 0 bridgehead atoms. The highest BCUT2D eigenvalue weighted by Gasteiger charge is 2.10. The van der Waals surface area contributed by atoms with Gasteiger partial charge in [0, 0.05) is 16.1 Å². The molecule has 0 aliphatic carbocycles. The summed E-state index contributed by atoms with van der Waals surface area (Å²) in [4.78, 5) is 16.6. The van der Waals surface area contributed by atoms with E-state index in [1.807, 2.05) is 50.2 Å². The molecule has 0 aliphatic rings. The summed E-state index contributed by atoms with van der Waals surface area (Å²) in [5, 5.41) is 0.658. The summed E-state index contributed by atoms with van der Waals surface area (Å²) >= 11 is 5.89. The van der Waals surface area contributed by atoms with Crippen molar-refractivity contribution in [3.05, 3.63) is 82.2 Å². The fourth-order valence-corrected chi connectivity index (χ4v) is 2.37. The number of aryl methyl sites for hydroxylation is 2. The monoisotopic (exact) mass is 337 g/mol. The average molecular weight is 338 g/mol. The lowest BCUT2D eigenvalue weighted by molar-refractivity contribution is 0.104. The zero-order valence-electron chi connectivity index (χ0n) is 13.4. The number of hydrogen-bond acceptors (Lipinski definition) is 3. The number of oxazole rings is 1. The molecule has 0 fully saturated rings. The molecule has 0 saturated carbocycles. The average Bonchev–Trinajstić information content (AvgIpc) is 2.95. The van der Waals surface area contributed by atoms with Gasteiger partial charge in [0.05, 0.1) is 0 Å². The highest BCUT2D eigenvalue weighted by molar-refractivity contribution is 6.30. The fraction of sp³-hybridized carbons (Fsp3) is 0.100. The quantitative estimate of drug-likeness (QED) is 0.466. The van der Waals surface area contributed by atoms with Crippen LogP contribution >= 0.6 is 11.6 Å². The normalized spacial score (nSPS) is 11.1. The van der Waals surface area contributed by atoms with Gasteiger partial charge in [0.15, 0.2) is 5.78 Å². The van der Waals surface area contributed by atoms with Gasteiger partial charge in [0.2, 0.25) is 5.89 Å². The van der Waals surface area contributed by atoms with Crippen LogP contribution in [0.1, 0.15) is 27.4 Å². The molecule has 0 N–H and O–H groups in total. The van der Waals surface area contributed by atoms with Gasteiger partial charge in [-0.25, -0.2) is 4.98 Å². The number of allylic oxidation sites excluding steroid dienone is 1. The summed E-state index contributed by atoms with van der Waals surface area (Å²) in [6.07, 6.45) is 3.20. The van der Waals surface area contributed by atoms with Gasteiger partial charge in [-0.05, 0) is 50.3 Å². The Morgan fingerprint density at radius 3 is 2.38 bits per heavy atom. The Labute approximate surface area is 145 Å². The van der Waals surface area contributed by atoms with Crippen LogP contribution in [0.3, 0.4) is 0 Å². The van der Waals surface area contributed by atoms with Crippen LogP contribution in [0.5, 0.6) is 0 Å². The smallest absolute Gasteiger partial charge is 0.226 e. The summed E-state index contributed by atoms with van der Waals surface area (Å²) in [5.41, 5.74) is 3.25. The molecule has 3 rings (SSSR count). The molecule has 0 unspecified atom stereocenters. The maximum Gasteiger partial charge on any atom is 0.226 e. The van der Waals surface area contributed by atoms with Crippen molar-refractivity contribution in [3.8, 4) is 11.5 Å². The number of ketones is 1. The van der Waals surface area contributed by atoms with Crippen LogP contribution in [0.2, 0.25) is 5.02 Å². The molecular formula is C20H16ClNO2. The fourth-order valence-electron chi connectivity index (χ4n) is 2.25. The predicted molar refractivity (Wildman–Crippen MR) is 96.2 cm³/mol. The van der Waals surface area contributed by atoms with Crippen LogP contribution in [0, 0.1) is 13.8 Å². The Morgan fingerprint density at radius 2 is 1.71 bits per heavy atom. The van der Waals surface area contributed by atoms with E-state index in [1.165, 1.54) is 6.08 Å². The third-order valence-corrected chi connectivity index (χ3v) is 3.90. The Bertz CT molecular complexity index is 890. The number of benzene rings is 2. The minimum Gasteiger partial charge on any atom is -0.441 e. The standard InChI is InChI=1S/C20H16ClNO2/c1-13-3-5-15(6-4-13)19(23)12-11-18-14(2)24-20(22-18)16-7-9-17(21)10-8-16/h3-12H,1-2H3/b12-11+. The van der Waals surface area contributed by atoms with Crippen LogP contribution in [-0.4, -0.2) is 10.8 Å². The molecule has 4 heteroatoms. The van der Waals surface area contributed by atoms with Crippen LogP contribution in [0.15, 0.2) is 59.0 Å². The van der Waals surface area contributed by atoms with Gasteiger partial charge in [0.1, 0.15) is 11.5 Å². The van der Waals surface area contributed by atoms with Crippen molar-refractivity contribution in [2.45, 2.75) is 13.8 Å². The van der Waals surface area contributed by atoms with Crippen molar-refractivity contribution >= 4 is 23.5 Å². The molecule has 120 valence electrons. The molecule has 0 saturated heterocycles. The van der Waals surface area contributed by atoms with Crippen LogP contribution < -0.4 is 0 Å². The van der Waals surface area contributed by atoms with E-state index in [0.29, 0.717) is 27.9 Å². The molecule has 1 aromatic heterocycles. The summed E-state index contributed by atoms with van der Waals surface area (Å²) in [6, 6.07) is 14.7. The minimum atomic E-state index is -0.0644. The number of carbonyl (C=O) groups excluding carboxylic acids is 1. The molecule has 3 nitrogen and oxygen atoms in total. The number of hydrogen-bond donors (Lipinski definition) is 0. The van der Waals surface area contributed by atoms with Gasteiger partial charge in [-0.3, -0.25) is 4.79 Å². The maximum absolute atomic E-state index is 12.2. The summed E-state index contributed by atoms with van der Waals surface area (Å²) in [6.45, 7) is 3.81. The number of aromatic nitrogens is 1. The van der Waals surface area contributed by atoms with E-state index in [1.54, 1.807) is 18.2 Å². The number of rotatable bonds is 4. The largest absolute Gasteiger partial charge is 0.441 e. The predicted octanol–water partition coefficient (Wildman–Crippen LogP) is 5.51. The highest BCUT2D eigenvalue weighted by atomic mass is 35.5. The molecule has 0 radical (unpaired) electrons. The summed E-state index contributed by atoms with van der Waals surface area (Å²) in [7, 11) is 0. The zero-order chi connectivity index (χ0) is 17.1. The first-order chi connectivity index (χ1) is 11.5. The third kappa shape index (κ3) is 3.63. The van der Waals surface area contributed by atoms with E-state index in [2.05, 4.69) is 4.98 Å². The Hall–Kier alpha value is -2.65. The molecule has 3 aromatic rings. The lowest BCUT2D eigenvalue weighted by Gasteiger charge is -1.96. The maximum atomic E-state index is 12.2. The van der Waals surface area contributed by atoms with E-state index in [4.69, 9.17) is 16.0 Å². The zero-order valence-corrected chi connectivity index (χ0v) is 14.2. The molecular weight excluding hydrogens is 322 g/mol. The second-order valence-corrected chi connectivity index (χ2v) is 5.97. The molecule has 0 spiro atoms. The molecule has 1 heterocycles. The number of halogens is 1. The van der Waals surface area contributed by atoms with E-state index in [-0.39, 0.29) is 5.78 Å². The van der Waals surface area contributed by atoms with Crippen molar-refractivity contribution in [2.75, 3.05) is 0 Å². The van der Waals surface area contributed by atoms with Gasteiger partial charge >= 0.3 is 0 Å². The van der Waals surface area contributed by atoms with Crippen LogP contribution in [0.4, 0.5) is 0 Å². The van der Waals surface area contributed by atoms with Gasteiger partial charge in [0.25, 0.3) is 0 Å². The van der Waals surface area contributed by atoms with E-state index < -0.39 is 0 Å². The number of carbonyl (C=O) groups is 1. The highest BCUT2D eigenvalue weighted by Crippen LogP contribution is 2.24. The van der Waals surface area contributed by atoms with Crippen LogP contribution in [0.25, 0.3) is 17.5 Å². The lowest BCUT2D eigenvalue weighted by Crippen LogP contribution is -1.93. The molecule has 2 aromatic carbocycles. The van der Waals surface area contributed by atoms with E-state index in [0.717, 1.165) is 11.1 Å². The Balaban J connectivity index is 1.81. The van der Waals surface area contributed by atoms with Crippen molar-refractivity contribution in [3.63, 3.8) is 0 Å². The van der Waals surface area contributed by atoms with Gasteiger partial charge in [-0.2, -0.15) is 0 Å². The molecule has 0 atom stereocenters. The first-order valence-corrected chi connectivity index (χ1v) is 7.93. The van der Waals surface area contributed by atoms with E-state index >= 15 is 0 Å².